The molecule has 0 aromatic heterocycles. The number of hydrogen-bond acceptors (Lipinski definition) is 3. The monoisotopic (exact) mass is 343 g/mol. The highest BCUT2D eigenvalue weighted by Gasteiger charge is 2.29. The van der Waals surface area contributed by atoms with Crippen LogP contribution in [0.15, 0.2) is 36.4 Å². The average Bonchev–Trinajstić information content (AvgIpc) is 3.33. The highest BCUT2D eigenvalue weighted by molar-refractivity contribution is 5.87. The Morgan fingerprint density at radius 3 is 2.60 bits per heavy atom. The fraction of sp³-hybridized carbons (Fsp3) is 0.500. The van der Waals surface area contributed by atoms with E-state index in [1.54, 1.807) is 24.3 Å². The van der Waals surface area contributed by atoms with Gasteiger partial charge in [0.05, 0.1) is 17.7 Å². The van der Waals surface area contributed by atoms with Crippen molar-refractivity contribution in [1.82, 2.24) is 4.90 Å². The van der Waals surface area contributed by atoms with Gasteiger partial charge in [-0.25, -0.2) is 4.79 Å². The zero-order valence-electron chi connectivity index (χ0n) is 14.3. The van der Waals surface area contributed by atoms with Gasteiger partial charge in [-0.15, -0.1) is 0 Å². The number of aliphatic hydroxyl groups is 1. The summed E-state index contributed by atoms with van der Waals surface area (Å²) in [6.45, 7) is 0.610. The van der Waals surface area contributed by atoms with Crippen molar-refractivity contribution in [2.24, 2.45) is 5.92 Å². The van der Waals surface area contributed by atoms with Gasteiger partial charge in [-0.1, -0.05) is 37.1 Å². The predicted octanol–water partition coefficient (Wildman–Crippen LogP) is 2.64. The molecule has 1 saturated heterocycles. The maximum Gasteiger partial charge on any atom is 0.335 e. The summed E-state index contributed by atoms with van der Waals surface area (Å²) >= 11 is 0. The number of likely N-dealkylation sites (tertiary alicyclic amines) is 1. The third kappa shape index (κ3) is 4.92. The average molecular weight is 343 g/mol. The maximum atomic E-state index is 12.1. The Morgan fingerprint density at radius 1 is 1.24 bits per heavy atom. The number of rotatable bonds is 8. The molecule has 1 aromatic carbocycles. The number of carbonyl (C=O) groups is 2. The molecular weight excluding hydrogens is 318 g/mol. The van der Waals surface area contributed by atoms with Crippen molar-refractivity contribution in [3.63, 3.8) is 0 Å². The van der Waals surface area contributed by atoms with Crippen molar-refractivity contribution in [2.75, 3.05) is 6.54 Å². The number of aromatic carboxylic acids is 1. The van der Waals surface area contributed by atoms with Gasteiger partial charge in [0.15, 0.2) is 0 Å². The minimum Gasteiger partial charge on any atom is -0.478 e. The zero-order valence-corrected chi connectivity index (χ0v) is 14.3. The first-order valence-electron chi connectivity index (χ1n) is 9.01. The van der Waals surface area contributed by atoms with Crippen LogP contribution >= 0.6 is 0 Å². The van der Waals surface area contributed by atoms with E-state index >= 15 is 0 Å². The summed E-state index contributed by atoms with van der Waals surface area (Å²) in [4.78, 5) is 24.9. The molecule has 2 unspecified atom stereocenters. The van der Waals surface area contributed by atoms with Gasteiger partial charge in [0, 0.05) is 13.0 Å². The number of benzene rings is 1. The molecule has 2 N–H and O–H groups in total. The quantitative estimate of drug-likeness (QED) is 0.711. The summed E-state index contributed by atoms with van der Waals surface area (Å²) in [7, 11) is 0. The molecule has 25 heavy (non-hydrogen) atoms. The molecule has 0 bridgehead atoms. The lowest BCUT2D eigenvalue weighted by atomic mass is 10.1. The van der Waals surface area contributed by atoms with Gasteiger partial charge in [0.2, 0.25) is 5.91 Å². The lowest BCUT2D eigenvalue weighted by molar-refractivity contribution is -0.128. The number of aliphatic hydroxyl groups excluding tert-OH is 1. The van der Waals surface area contributed by atoms with Crippen LogP contribution in [0.2, 0.25) is 0 Å². The highest BCUT2D eigenvalue weighted by atomic mass is 16.4. The summed E-state index contributed by atoms with van der Waals surface area (Å²) in [5, 5.41) is 18.9. The van der Waals surface area contributed by atoms with E-state index in [2.05, 4.69) is 0 Å². The Bertz CT molecular complexity index is 648. The fourth-order valence-electron chi connectivity index (χ4n) is 3.34. The molecule has 1 aliphatic carbocycles. The number of carboxylic acid groups (broad SMARTS) is 1. The van der Waals surface area contributed by atoms with Crippen LogP contribution in [0.1, 0.15) is 48.0 Å². The largest absolute Gasteiger partial charge is 0.478 e. The molecule has 5 heteroatoms. The van der Waals surface area contributed by atoms with E-state index in [1.807, 2.05) is 17.1 Å². The topological polar surface area (TPSA) is 77.8 Å². The van der Waals surface area contributed by atoms with Crippen LogP contribution in [0.3, 0.4) is 0 Å². The van der Waals surface area contributed by atoms with Gasteiger partial charge < -0.3 is 15.1 Å². The number of hydrogen-bond donors (Lipinski definition) is 2. The summed E-state index contributed by atoms with van der Waals surface area (Å²) in [6, 6.07) is 6.84. The highest BCUT2D eigenvalue weighted by Crippen LogP contribution is 2.33. The SMILES string of the molecule is O=C(O)c1ccc(CCN2C(=O)CCC2/C=C\C(O)CC2CC2)cc1. The van der Waals surface area contributed by atoms with Crippen LogP contribution in [0.4, 0.5) is 0 Å². The molecule has 2 aliphatic rings. The molecule has 1 heterocycles. The summed E-state index contributed by atoms with van der Waals surface area (Å²) in [5.41, 5.74) is 1.28. The second kappa shape index (κ2) is 7.83. The maximum absolute atomic E-state index is 12.1. The van der Waals surface area contributed by atoms with Crippen LogP contribution in [0.5, 0.6) is 0 Å². The van der Waals surface area contributed by atoms with Crippen molar-refractivity contribution in [1.29, 1.82) is 0 Å². The lowest BCUT2D eigenvalue weighted by Crippen LogP contribution is -2.33. The van der Waals surface area contributed by atoms with Crippen LogP contribution in [-0.2, 0) is 11.2 Å². The lowest BCUT2D eigenvalue weighted by Gasteiger charge is -2.22. The molecule has 0 spiro atoms. The Labute approximate surface area is 148 Å². The molecule has 0 radical (unpaired) electrons. The van der Waals surface area contributed by atoms with Crippen LogP contribution in [-0.4, -0.2) is 45.7 Å². The summed E-state index contributed by atoms with van der Waals surface area (Å²) < 4.78 is 0. The first-order valence-corrected chi connectivity index (χ1v) is 9.01. The molecule has 1 aromatic rings. The molecule has 1 amide bonds. The van der Waals surface area contributed by atoms with E-state index < -0.39 is 12.1 Å². The molecule has 5 nitrogen and oxygen atoms in total. The molecule has 2 atom stereocenters. The second-order valence-electron chi connectivity index (χ2n) is 7.08. The van der Waals surface area contributed by atoms with E-state index in [9.17, 15) is 14.7 Å². The first kappa shape index (κ1) is 17.7. The van der Waals surface area contributed by atoms with E-state index in [4.69, 9.17) is 5.11 Å². The number of carboxylic acids is 1. The molecule has 2 fully saturated rings. The molecular formula is C20H25NO4. The molecule has 3 rings (SSSR count). The van der Waals surface area contributed by atoms with Gasteiger partial charge in [-0.2, -0.15) is 0 Å². The van der Waals surface area contributed by atoms with Gasteiger partial charge >= 0.3 is 5.97 Å². The van der Waals surface area contributed by atoms with Crippen LogP contribution in [0.25, 0.3) is 0 Å². The number of carbonyl (C=O) groups excluding carboxylic acids is 1. The minimum absolute atomic E-state index is 0.0552. The number of amides is 1. The van der Waals surface area contributed by atoms with Gasteiger partial charge in [-0.05, 0) is 42.9 Å². The van der Waals surface area contributed by atoms with Crippen molar-refractivity contribution < 1.29 is 19.8 Å². The Balaban J connectivity index is 1.54. The predicted molar refractivity (Wildman–Crippen MR) is 94.3 cm³/mol. The number of nitrogens with zero attached hydrogens (tertiary/aromatic N) is 1. The Kier molecular flexibility index (Phi) is 5.53. The van der Waals surface area contributed by atoms with E-state index in [0.29, 0.717) is 25.3 Å². The zero-order chi connectivity index (χ0) is 17.8. The van der Waals surface area contributed by atoms with Crippen LogP contribution in [0, 0.1) is 5.92 Å². The Hall–Kier alpha value is -2.14. The van der Waals surface area contributed by atoms with Gasteiger partial charge in [0.25, 0.3) is 0 Å². The van der Waals surface area contributed by atoms with Crippen LogP contribution < -0.4 is 0 Å². The van der Waals surface area contributed by atoms with Gasteiger partial charge in [-0.3, -0.25) is 4.79 Å². The molecule has 134 valence electrons. The van der Waals surface area contributed by atoms with Crippen molar-refractivity contribution in [2.45, 2.75) is 50.7 Å². The van der Waals surface area contributed by atoms with E-state index in [0.717, 1.165) is 18.4 Å². The Morgan fingerprint density at radius 2 is 1.96 bits per heavy atom. The minimum atomic E-state index is -0.934. The van der Waals surface area contributed by atoms with Crippen molar-refractivity contribution in [3.8, 4) is 0 Å². The third-order valence-corrected chi connectivity index (χ3v) is 5.04. The fourth-order valence-corrected chi connectivity index (χ4v) is 3.34. The normalized spacial score (nSPS) is 21.9. The van der Waals surface area contributed by atoms with E-state index in [-0.39, 0.29) is 17.5 Å². The van der Waals surface area contributed by atoms with Crippen molar-refractivity contribution >= 4 is 11.9 Å². The summed E-state index contributed by atoms with van der Waals surface area (Å²) in [5.74, 6) is -0.112. The molecule has 1 aliphatic heterocycles. The van der Waals surface area contributed by atoms with E-state index in [1.165, 1.54) is 12.8 Å². The third-order valence-electron chi connectivity index (χ3n) is 5.04. The molecule has 1 saturated carbocycles. The van der Waals surface area contributed by atoms with Gasteiger partial charge in [0.1, 0.15) is 0 Å². The summed E-state index contributed by atoms with van der Waals surface area (Å²) in [6.07, 6.45) is 8.72. The van der Waals surface area contributed by atoms with Crippen molar-refractivity contribution in [3.05, 3.63) is 47.5 Å². The smallest absolute Gasteiger partial charge is 0.335 e. The first-order chi connectivity index (χ1) is 12.0. The standard InChI is InChI=1S/C20H25NO4/c22-18(13-15-1-2-15)9-7-17-8-10-19(23)21(17)12-11-14-3-5-16(6-4-14)20(24)25/h3-7,9,15,17-18,22H,1-2,8,10-13H2,(H,24,25)/b9-7-. The second-order valence-corrected chi connectivity index (χ2v) is 7.08.